The van der Waals surface area contributed by atoms with Crippen LogP contribution in [0.4, 0.5) is 5.69 Å². The Morgan fingerprint density at radius 3 is 2.55 bits per heavy atom. The van der Waals surface area contributed by atoms with Crippen molar-refractivity contribution < 1.29 is 9.59 Å². The molecule has 0 radical (unpaired) electrons. The van der Waals surface area contributed by atoms with Crippen molar-refractivity contribution in [3.8, 4) is 6.07 Å². The first-order valence-corrected chi connectivity index (χ1v) is 7.88. The number of nitriles is 1. The van der Waals surface area contributed by atoms with Gasteiger partial charge >= 0.3 is 0 Å². The summed E-state index contributed by atoms with van der Waals surface area (Å²) in [5, 5.41) is 13.3. The zero-order valence-corrected chi connectivity index (χ0v) is 13.4. The molecular weight excluding hydrogens is 320 g/mol. The Kier molecular flexibility index (Phi) is 5.31. The molecule has 2 aromatic rings. The summed E-state index contributed by atoms with van der Waals surface area (Å²) in [6, 6.07) is 10.5. The lowest BCUT2D eigenvalue weighted by atomic mass is 10.00. The Balaban J connectivity index is 2.11. The number of nitrogens with one attached hydrogen (secondary N) is 1. The number of aryl methyl sites for hydroxylation is 1. The monoisotopic (exact) mass is 332 g/mol. The minimum absolute atomic E-state index is 0.276. The number of carbonyl (C=O) groups is 2. The maximum Gasteiger partial charge on any atom is 0.249 e. The van der Waals surface area contributed by atoms with Crippen LogP contribution in [0.3, 0.4) is 0 Å². The van der Waals surface area contributed by atoms with Crippen LogP contribution in [-0.4, -0.2) is 11.7 Å². The van der Waals surface area contributed by atoms with Crippen LogP contribution in [-0.2, 0) is 11.2 Å². The van der Waals surface area contributed by atoms with E-state index < -0.39 is 17.6 Å². The van der Waals surface area contributed by atoms with Crippen molar-refractivity contribution in [2.24, 2.45) is 5.92 Å². The van der Waals surface area contributed by atoms with Crippen molar-refractivity contribution in [1.82, 2.24) is 0 Å². The molecule has 2 rings (SSSR count). The van der Waals surface area contributed by atoms with Gasteiger partial charge in [0.1, 0.15) is 0 Å². The first-order valence-electron chi connectivity index (χ1n) is 6.62. The van der Waals surface area contributed by atoms with E-state index in [4.69, 9.17) is 16.9 Å². The van der Waals surface area contributed by atoms with Gasteiger partial charge in [0.2, 0.25) is 5.91 Å². The van der Waals surface area contributed by atoms with Crippen LogP contribution in [0.2, 0.25) is 4.34 Å². The second kappa shape index (κ2) is 7.21. The minimum atomic E-state index is -1.39. The first kappa shape index (κ1) is 16.2. The van der Waals surface area contributed by atoms with E-state index in [0.717, 1.165) is 12.0 Å². The third-order valence-corrected chi connectivity index (χ3v) is 4.23. The Hall–Kier alpha value is -2.16. The minimum Gasteiger partial charge on any atom is -0.325 e. The van der Waals surface area contributed by atoms with Crippen LogP contribution in [0.5, 0.6) is 0 Å². The number of ketones is 1. The summed E-state index contributed by atoms with van der Waals surface area (Å²) in [6.07, 6.45) is 0.895. The Labute approximate surface area is 137 Å². The Morgan fingerprint density at radius 1 is 1.36 bits per heavy atom. The van der Waals surface area contributed by atoms with E-state index in [-0.39, 0.29) is 5.56 Å². The van der Waals surface area contributed by atoms with Gasteiger partial charge in [0.25, 0.3) is 0 Å². The van der Waals surface area contributed by atoms with Gasteiger partial charge in [0.15, 0.2) is 11.7 Å². The van der Waals surface area contributed by atoms with Crippen molar-refractivity contribution in [1.29, 1.82) is 5.26 Å². The number of halogens is 1. The highest BCUT2D eigenvalue weighted by molar-refractivity contribution is 7.14. The van der Waals surface area contributed by atoms with Crippen molar-refractivity contribution in [2.45, 2.75) is 13.3 Å². The zero-order valence-electron chi connectivity index (χ0n) is 11.8. The first-order chi connectivity index (χ1) is 10.5. The maximum atomic E-state index is 12.2. The van der Waals surface area contributed by atoms with Gasteiger partial charge in [-0.1, -0.05) is 30.7 Å². The number of hydrogen-bond acceptors (Lipinski definition) is 4. The van der Waals surface area contributed by atoms with Crippen LogP contribution in [0.15, 0.2) is 35.7 Å². The van der Waals surface area contributed by atoms with Crippen molar-refractivity contribution in [3.63, 3.8) is 0 Å². The topological polar surface area (TPSA) is 70.0 Å². The molecule has 1 atom stereocenters. The standard InChI is InChI=1S/C16H13ClN2O2S/c1-2-10-3-5-12(6-4-10)19-16(21)13(8-18)15(20)11-7-14(17)22-9-11/h3-7,9,13H,2H2,1H3,(H,19,21)/t13-/m1/s1. The molecule has 0 bridgehead atoms. The van der Waals surface area contributed by atoms with Gasteiger partial charge in [-0.15, -0.1) is 11.3 Å². The summed E-state index contributed by atoms with van der Waals surface area (Å²) >= 11 is 6.96. The number of nitrogens with zero attached hydrogens (tertiary/aromatic N) is 1. The zero-order chi connectivity index (χ0) is 16.1. The smallest absolute Gasteiger partial charge is 0.249 e. The molecule has 1 aromatic carbocycles. The van der Waals surface area contributed by atoms with Crippen LogP contribution >= 0.6 is 22.9 Å². The third kappa shape index (κ3) is 3.73. The predicted octanol–water partition coefficient (Wildman–Crippen LogP) is 3.93. The molecule has 0 aliphatic carbocycles. The molecule has 0 spiro atoms. The fourth-order valence-corrected chi connectivity index (χ4v) is 2.75. The number of benzene rings is 1. The molecule has 4 nitrogen and oxygen atoms in total. The van der Waals surface area contributed by atoms with E-state index in [1.165, 1.54) is 17.4 Å². The lowest BCUT2D eigenvalue weighted by Crippen LogP contribution is -2.28. The van der Waals surface area contributed by atoms with E-state index in [0.29, 0.717) is 10.0 Å². The van der Waals surface area contributed by atoms with Gasteiger partial charge in [-0.3, -0.25) is 9.59 Å². The van der Waals surface area contributed by atoms with Crippen LogP contribution in [0, 0.1) is 17.2 Å². The number of hydrogen-bond donors (Lipinski definition) is 1. The number of amides is 1. The Bertz CT molecular complexity index is 731. The molecule has 1 heterocycles. The van der Waals surface area contributed by atoms with Gasteiger partial charge in [0, 0.05) is 16.6 Å². The fraction of sp³-hybridized carbons (Fsp3) is 0.188. The summed E-state index contributed by atoms with van der Waals surface area (Å²) in [6.45, 7) is 2.03. The summed E-state index contributed by atoms with van der Waals surface area (Å²) in [4.78, 5) is 24.3. The van der Waals surface area contributed by atoms with Crippen molar-refractivity contribution in [3.05, 3.63) is 51.2 Å². The number of anilines is 1. The van der Waals surface area contributed by atoms with E-state index in [1.807, 2.05) is 19.1 Å². The van der Waals surface area contributed by atoms with Crippen LogP contribution < -0.4 is 5.32 Å². The summed E-state index contributed by atoms with van der Waals surface area (Å²) in [5.41, 5.74) is 1.97. The summed E-state index contributed by atoms with van der Waals surface area (Å²) in [5.74, 6) is -2.58. The number of Topliss-reactive ketones (excluding diaryl/α,β-unsaturated/α-hetero) is 1. The van der Waals surface area contributed by atoms with Gasteiger partial charge in [-0.05, 0) is 30.2 Å². The highest BCUT2D eigenvalue weighted by Crippen LogP contribution is 2.22. The predicted molar refractivity (Wildman–Crippen MR) is 87.2 cm³/mol. The molecule has 1 N–H and O–H groups in total. The SMILES string of the molecule is CCc1ccc(NC(=O)[C@H](C#N)C(=O)c2csc(Cl)c2)cc1. The third-order valence-electron chi connectivity index (χ3n) is 3.14. The average Bonchev–Trinajstić information content (AvgIpc) is 2.95. The van der Waals surface area contributed by atoms with Crippen molar-refractivity contribution >= 4 is 40.3 Å². The molecule has 6 heteroatoms. The second-order valence-corrected chi connectivity index (χ2v) is 6.15. The lowest BCUT2D eigenvalue weighted by Gasteiger charge is -2.09. The van der Waals surface area contributed by atoms with E-state index >= 15 is 0 Å². The fourth-order valence-electron chi connectivity index (χ4n) is 1.88. The number of carbonyl (C=O) groups excluding carboxylic acids is 2. The molecule has 0 unspecified atom stereocenters. The van der Waals surface area contributed by atoms with Crippen LogP contribution in [0.1, 0.15) is 22.8 Å². The Morgan fingerprint density at radius 2 is 2.05 bits per heavy atom. The molecule has 0 fully saturated rings. The van der Waals surface area contributed by atoms with Crippen LogP contribution in [0.25, 0.3) is 0 Å². The molecule has 0 saturated heterocycles. The number of thiophene rings is 1. The van der Waals surface area contributed by atoms with Gasteiger partial charge in [0.05, 0.1) is 10.4 Å². The molecule has 0 saturated carbocycles. The normalized spacial score (nSPS) is 11.5. The van der Waals surface area contributed by atoms with E-state index in [1.54, 1.807) is 23.6 Å². The molecule has 0 aliphatic heterocycles. The quantitative estimate of drug-likeness (QED) is 0.666. The highest BCUT2D eigenvalue weighted by Gasteiger charge is 2.28. The molecular formula is C16H13ClN2O2S. The van der Waals surface area contributed by atoms with E-state index in [2.05, 4.69) is 5.32 Å². The van der Waals surface area contributed by atoms with Crippen molar-refractivity contribution in [2.75, 3.05) is 5.32 Å². The summed E-state index contributed by atoms with van der Waals surface area (Å²) < 4.78 is 0.440. The second-order valence-electron chi connectivity index (χ2n) is 4.61. The molecule has 0 aliphatic rings. The largest absolute Gasteiger partial charge is 0.325 e. The average molecular weight is 333 g/mol. The van der Waals surface area contributed by atoms with Gasteiger partial charge < -0.3 is 5.32 Å². The van der Waals surface area contributed by atoms with Gasteiger partial charge in [-0.25, -0.2) is 0 Å². The highest BCUT2D eigenvalue weighted by atomic mass is 35.5. The molecule has 1 aromatic heterocycles. The molecule has 1 amide bonds. The lowest BCUT2D eigenvalue weighted by molar-refractivity contribution is -0.117. The number of rotatable bonds is 5. The maximum absolute atomic E-state index is 12.2. The van der Waals surface area contributed by atoms with E-state index in [9.17, 15) is 9.59 Å². The molecule has 112 valence electrons. The summed E-state index contributed by atoms with van der Waals surface area (Å²) in [7, 11) is 0. The molecule has 22 heavy (non-hydrogen) atoms. The van der Waals surface area contributed by atoms with Gasteiger partial charge in [-0.2, -0.15) is 5.26 Å².